The van der Waals surface area contributed by atoms with Crippen LogP contribution in [0.25, 0.3) is 0 Å². The van der Waals surface area contributed by atoms with Crippen molar-refractivity contribution in [3.8, 4) is 0 Å². The molecule has 158 valence electrons. The molecule has 0 unspecified atom stereocenters. The predicted molar refractivity (Wildman–Crippen MR) is 104 cm³/mol. The van der Waals surface area contributed by atoms with Crippen LogP contribution < -0.4 is 10.6 Å². The molecular weight excluding hydrogens is 340 g/mol. The number of rotatable bonds is 15. The van der Waals surface area contributed by atoms with Crippen LogP contribution in [0.2, 0.25) is 0 Å². The highest BCUT2D eigenvalue weighted by molar-refractivity contribution is 5.80. The van der Waals surface area contributed by atoms with Crippen molar-refractivity contribution in [2.75, 3.05) is 53.2 Å². The molecule has 0 fully saturated rings. The van der Waals surface area contributed by atoms with E-state index in [0.29, 0.717) is 45.8 Å². The molecule has 0 radical (unpaired) electrons. The lowest BCUT2D eigenvalue weighted by molar-refractivity contribution is -0.126. The monoisotopic (exact) mass is 380 g/mol. The minimum absolute atomic E-state index is 0. The molecule has 0 aliphatic heterocycles. The Morgan fingerprint density at radius 2 is 1.42 bits per heavy atom. The van der Waals surface area contributed by atoms with Gasteiger partial charge in [-0.05, 0) is 0 Å². The van der Waals surface area contributed by atoms with Crippen LogP contribution in [0.15, 0.2) is 0 Å². The minimum atomic E-state index is -0.248. The summed E-state index contributed by atoms with van der Waals surface area (Å²) in [5.74, 6) is -0.169. The second-order valence-corrected chi connectivity index (χ2v) is 5.48. The van der Waals surface area contributed by atoms with Crippen LogP contribution in [0.4, 0.5) is 0 Å². The summed E-state index contributed by atoms with van der Waals surface area (Å²) >= 11 is 0. The van der Waals surface area contributed by atoms with Crippen molar-refractivity contribution in [3.05, 3.63) is 0 Å². The van der Waals surface area contributed by atoms with E-state index < -0.39 is 0 Å². The Bertz CT molecular complexity index is 385. The number of carbonyl (C=O) groups is 3. The molecule has 0 atom stereocenters. The first-order valence-electron chi connectivity index (χ1n) is 9.18. The van der Waals surface area contributed by atoms with E-state index in [-0.39, 0.29) is 39.6 Å². The van der Waals surface area contributed by atoms with Gasteiger partial charge in [-0.1, -0.05) is 27.7 Å². The highest BCUT2D eigenvalue weighted by Crippen LogP contribution is 1.98. The topological polar surface area (TPSA) is 103 Å². The summed E-state index contributed by atoms with van der Waals surface area (Å²) in [6.07, 6.45) is 0.699. The van der Waals surface area contributed by atoms with E-state index in [0.717, 1.165) is 0 Å². The molecule has 2 N–H and O–H groups in total. The van der Waals surface area contributed by atoms with Crippen molar-refractivity contribution < 1.29 is 31.4 Å². The molecule has 2 amide bonds. The molecule has 0 aromatic heterocycles. The van der Waals surface area contributed by atoms with Crippen LogP contribution in [-0.2, 0) is 28.6 Å². The van der Waals surface area contributed by atoms with Gasteiger partial charge in [-0.3, -0.25) is 14.4 Å². The fraction of sp³-hybridized carbons (Fsp3) is 0.833. The lowest BCUT2D eigenvalue weighted by atomic mass is 10.1. The van der Waals surface area contributed by atoms with Gasteiger partial charge in [-0.25, -0.2) is 0 Å². The Morgan fingerprint density at radius 1 is 0.846 bits per heavy atom. The number of methoxy groups -OCH3 is 1. The molecule has 0 aliphatic rings. The number of nitrogens with one attached hydrogen (secondary N) is 2. The van der Waals surface area contributed by atoms with Crippen molar-refractivity contribution in [2.24, 2.45) is 5.92 Å². The molecule has 26 heavy (non-hydrogen) atoms. The first kappa shape index (κ1) is 26.7. The normalized spacial score (nSPS) is 10.1. The van der Waals surface area contributed by atoms with Gasteiger partial charge in [0, 0.05) is 41.8 Å². The zero-order valence-corrected chi connectivity index (χ0v) is 16.9. The predicted octanol–water partition coefficient (Wildman–Crippen LogP) is 1.42. The summed E-state index contributed by atoms with van der Waals surface area (Å²) in [4.78, 5) is 34.1. The third-order valence-corrected chi connectivity index (χ3v) is 3.04. The first-order valence-corrected chi connectivity index (χ1v) is 9.18. The van der Waals surface area contributed by atoms with Gasteiger partial charge in [-0.15, -0.1) is 0 Å². The fourth-order valence-corrected chi connectivity index (χ4v) is 1.59. The van der Waals surface area contributed by atoms with Crippen molar-refractivity contribution in [3.63, 3.8) is 0 Å². The number of amides is 2. The van der Waals surface area contributed by atoms with E-state index in [1.165, 1.54) is 7.11 Å². The van der Waals surface area contributed by atoms with Gasteiger partial charge < -0.3 is 24.8 Å². The van der Waals surface area contributed by atoms with Crippen LogP contribution in [0.1, 0.15) is 43.4 Å². The summed E-state index contributed by atoms with van der Waals surface area (Å²) in [5, 5.41) is 5.29. The standard InChI is InChI=1S/C16H30N2O6.C2H6.2H2/c1-13(2)14(19)4-9-23-10-6-18-16(21)12-24-11-7-17-15(20)5-8-22-3;1-2;;/h13H,4-12H2,1-3H3,(H,17,20)(H,18,21);1-2H3;2*1H. The van der Waals surface area contributed by atoms with Gasteiger partial charge in [0.15, 0.2) is 0 Å². The zero-order chi connectivity index (χ0) is 20.2. The molecule has 0 rings (SSSR count). The Balaban J connectivity index is -0.000000695. The lowest BCUT2D eigenvalue weighted by Crippen LogP contribution is -2.33. The van der Waals surface area contributed by atoms with Gasteiger partial charge in [0.2, 0.25) is 11.8 Å². The minimum Gasteiger partial charge on any atom is -0.384 e. The average Bonchev–Trinajstić information content (AvgIpc) is 2.63. The first-order chi connectivity index (χ1) is 12.5. The number of hydrogen-bond acceptors (Lipinski definition) is 6. The summed E-state index contributed by atoms with van der Waals surface area (Å²) in [7, 11) is 1.53. The van der Waals surface area contributed by atoms with E-state index in [9.17, 15) is 14.4 Å². The summed E-state index contributed by atoms with van der Waals surface area (Å²) in [5.41, 5.74) is 0. The van der Waals surface area contributed by atoms with Crippen LogP contribution in [0.5, 0.6) is 0 Å². The molecule has 0 saturated carbocycles. The fourth-order valence-electron chi connectivity index (χ4n) is 1.59. The molecular formula is C18H40N2O6. The van der Waals surface area contributed by atoms with E-state index in [1.54, 1.807) is 0 Å². The summed E-state index contributed by atoms with van der Waals surface area (Å²) in [6, 6.07) is 0. The molecule has 8 nitrogen and oxygen atoms in total. The largest absolute Gasteiger partial charge is 0.384 e. The summed E-state index contributed by atoms with van der Waals surface area (Å²) in [6.45, 7) is 9.72. The third-order valence-electron chi connectivity index (χ3n) is 3.04. The van der Waals surface area contributed by atoms with Gasteiger partial charge in [0.1, 0.15) is 12.4 Å². The zero-order valence-electron chi connectivity index (χ0n) is 16.9. The number of Topliss-reactive ketones (excluding diaryl/α,β-unsaturated/α-hetero) is 1. The van der Waals surface area contributed by atoms with Crippen LogP contribution in [0.3, 0.4) is 0 Å². The number of ether oxygens (including phenoxy) is 3. The average molecular weight is 381 g/mol. The number of ketones is 1. The van der Waals surface area contributed by atoms with Crippen LogP contribution >= 0.6 is 0 Å². The Labute approximate surface area is 160 Å². The second-order valence-electron chi connectivity index (χ2n) is 5.48. The SMILES string of the molecule is CC.COCCC(=O)NCCOCC(=O)NCCOCCC(=O)C(C)C.[HH].[HH]. The van der Waals surface area contributed by atoms with Gasteiger partial charge >= 0.3 is 0 Å². The quantitative estimate of drug-likeness (QED) is 0.417. The Morgan fingerprint density at radius 3 is 2.00 bits per heavy atom. The molecule has 0 spiro atoms. The maximum absolute atomic E-state index is 11.5. The maximum atomic E-state index is 11.5. The van der Waals surface area contributed by atoms with Crippen LogP contribution in [-0.4, -0.2) is 70.8 Å². The van der Waals surface area contributed by atoms with Crippen molar-refractivity contribution >= 4 is 17.6 Å². The molecule has 0 heterocycles. The number of carbonyl (C=O) groups excluding carboxylic acids is 3. The van der Waals surface area contributed by atoms with Crippen molar-refractivity contribution in [2.45, 2.75) is 40.5 Å². The number of hydrogen-bond donors (Lipinski definition) is 2. The second kappa shape index (κ2) is 19.8. The molecule has 0 saturated heterocycles. The smallest absolute Gasteiger partial charge is 0.246 e. The van der Waals surface area contributed by atoms with E-state index >= 15 is 0 Å². The third kappa shape index (κ3) is 18.8. The van der Waals surface area contributed by atoms with Crippen molar-refractivity contribution in [1.29, 1.82) is 0 Å². The van der Waals surface area contributed by atoms with Crippen LogP contribution in [0, 0.1) is 5.92 Å². The van der Waals surface area contributed by atoms with E-state index in [2.05, 4.69) is 10.6 Å². The van der Waals surface area contributed by atoms with Crippen molar-refractivity contribution in [1.82, 2.24) is 10.6 Å². The molecule has 0 bridgehead atoms. The Hall–Kier alpha value is -1.51. The maximum Gasteiger partial charge on any atom is 0.246 e. The molecule has 0 aliphatic carbocycles. The van der Waals surface area contributed by atoms with Gasteiger partial charge in [-0.2, -0.15) is 0 Å². The van der Waals surface area contributed by atoms with E-state index in [4.69, 9.17) is 14.2 Å². The van der Waals surface area contributed by atoms with E-state index in [1.807, 2.05) is 27.7 Å². The highest BCUT2D eigenvalue weighted by Gasteiger charge is 2.06. The molecule has 8 heteroatoms. The lowest BCUT2D eigenvalue weighted by Gasteiger charge is -2.08. The molecule has 0 aromatic carbocycles. The van der Waals surface area contributed by atoms with Gasteiger partial charge in [0.05, 0.1) is 26.4 Å². The Kier molecular flexibility index (Phi) is 20.4. The highest BCUT2D eigenvalue weighted by atomic mass is 16.5. The molecule has 0 aromatic rings. The summed E-state index contributed by atoms with van der Waals surface area (Å²) < 4.78 is 15.2. The van der Waals surface area contributed by atoms with Gasteiger partial charge in [0.25, 0.3) is 0 Å².